The molecule has 1 aliphatic carbocycles. The van der Waals surface area contributed by atoms with Crippen LogP contribution in [0.15, 0.2) is 22.6 Å². The summed E-state index contributed by atoms with van der Waals surface area (Å²) in [5.41, 5.74) is 7.98. The van der Waals surface area contributed by atoms with E-state index >= 15 is 0 Å². The Hall–Kier alpha value is -1.55. The molecule has 0 atom stereocenters. The molecule has 0 saturated heterocycles. The second-order valence-corrected chi connectivity index (χ2v) is 4.75. The number of benzene rings is 1. The highest BCUT2D eigenvalue weighted by atomic mass is 16.5. The molecule has 2 N–H and O–H groups in total. The maximum atomic E-state index is 5.71. The van der Waals surface area contributed by atoms with Crippen LogP contribution in [0.25, 0.3) is 11.1 Å². The van der Waals surface area contributed by atoms with Crippen molar-refractivity contribution in [3.05, 3.63) is 24.1 Å². The first-order chi connectivity index (χ1) is 8.21. The number of oxazole rings is 1. The van der Waals surface area contributed by atoms with Crippen LogP contribution in [-0.4, -0.2) is 17.7 Å². The third-order valence-electron chi connectivity index (χ3n) is 3.63. The van der Waals surface area contributed by atoms with Gasteiger partial charge in [-0.3, -0.25) is 0 Å². The first-order valence-electron chi connectivity index (χ1n) is 5.91. The van der Waals surface area contributed by atoms with Gasteiger partial charge in [-0.1, -0.05) is 0 Å². The number of nitrogens with two attached hydrogens (primary N) is 1. The molecule has 1 heterocycles. The van der Waals surface area contributed by atoms with Crippen LogP contribution in [0, 0.1) is 0 Å². The quantitative estimate of drug-likeness (QED) is 0.826. The Morgan fingerprint density at radius 2 is 2.29 bits per heavy atom. The molecule has 90 valence electrons. The molecule has 0 bridgehead atoms. The molecule has 3 rings (SSSR count). The average Bonchev–Trinajstić information content (AvgIpc) is 2.65. The van der Waals surface area contributed by atoms with E-state index in [1.807, 2.05) is 18.2 Å². The number of ether oxygens (including phenoxy) is 1. The van der Waals surface area contributed by atoms with Gasteiger partial charge in [-0.25, -0.2) is 4.98 Å². The first kappa shape index (κ1) is 10.6. The van der Waals surface area contributed by atoms with Crippen LogP contribution in [0.1, 0.15) is 25.2 Å². The molecule has 1 aromatic heterocycles. The second-order valence-electron chi connectivity index (χ2n) is 4.75. The number of hydrogen-bond donors (Lipinski definition) is 1. The van der Waals surface area contributed by atoms with Crippen LogP contribution in [-0.2, 0) is 11.2 Å². The van der Waals surface area contributed by atoms with Crippen LogP contribution in [0.5, 0.6) is 0 Å². The van der Waals surface area contributed by atoms with Crippen molar-refractivity contribution in [3.63, 3.8) is 0 Å². The summed E-state index contributed by atoms with van der Waals surface area (Å²) >= 11 is 0. The topological polar surface area (TPSA) is 61.3 Å². The smallest absolute Gasteiger partial charge is 0.198 e. The van der Waals surface area contributed by atoms with Gasteiger partial charge in [0.2, 0.25) is 0 Å². The van der Waals surface area contributed by atoms with Crippen molar-refractivity contribution in [1.29, 1.82) is 0 Å². The second kappa shape index (κ2) is 3.74. The van der Waals surface area contributed by atoms with E-state index < -0.39 is 0 Å². The van der Waals surface area contributed by atoms with Gasteiger partial charge in [-0.15, -0.1) is 0 Å². The van der Waals surface area contributed by atoms with Gasteiger partial charge in [0.05, 0.1) is 12.0 Å². The van der Waals surface area contributed by atoms with Crippen LogP contribution >= 0.6 is 0 Å². The minimum Gasteiger partial charge on any atom is -0.441 e. The van der Waals surface area contributed by atoms with E-state index in [0.29, 0.717) is 5.69 Å². The van der Waals surface area contributed by atoms with Crippen LogP contribution < -0.4 is 5.73 Å². The molecule has 2 aromatic rings. The highest BCUT2D eigenvalue weighted by molar-refractivity contribution is 5.76. The third kappa shape index (κ3) is 1.78. The largest absolute Gasteiger partial charge is 0.441 e. The molecule has 0 amide bonds. The van der Waals surface area contributed by atoms with E-state index in [0.717, 1.165) is 36.3 Å². The normalized spacial score (nSPS) is 18.2. The maximum Gasteiger partial charge on any atom is 0.198 e. The Kier molecular flexibility index (Phi) is 2.33. The number of anilines is 1. The lowest BCUT2D eigenvalue weighted by atomic mass is 9.77. The summed E-state index contributed by atoms with van der Waals surface area (Å²) < 4.78 is 11.3. The van der Waals surface area contributed by atoms with E-state index in [4.69, 9.17) is 14.9 Å². The van der Waals surface area contributed by atoms with Gasteiger partial charge in [0.25, 0.3) is 0 Å². The molecule has 0 radical (unpaired) electrons. The summed E-state index contributed by atoms with van der Waals surface area (Å²) in [4.78, 5) is 4.47. The van der Waals surface area contributed by atoms with E-state index in [9.17, 15) is 0 Å². The zero-order chi connectivity index (χ0) is 11.9. The van der Waals surface area contributed by atoms with Gasteiger partial charge >= 0.3 is 0 Å². The van der Waals surface area contributed by atoms with Crippen molar-refractivity contribution in [2.75, 3.05) is 12.8 Å². The predicted molar refractivity (Wildman–Crippen MR) is 65.7 cm³/mol. The van der Waals surface area contributed by atoms with E-state index in [1.54, 1.807) is 7.11 Å². The fraction of sp³-hybridized carbons (Fsp3) is 0.462. The van der Waals surface area contributed by atoms with Gasteiger partial charge in [0.15, 0.2) is 11.5 Å². The summed E-state index contributed by atoms with van der Waals surface area (Å²) in [7, 11) is 1.76. The SMILES string of the molecule is COC1(Cc2nc3ccc(N)cc3o2)CCC1. The fourth-order valence-corrected chi connectivity index (χ4v) is 2.36. The Morgan fingerprint density at radius 1 is 1.47 bits per heavy atom. The number of fused-ring (bicyclic) bond motifs is 1. The first-order valence-corrected chi connectivity index (χ1v) is 5.91. The maximum absolute atomic E-state index is 5.71. The number of rotatable bonds is 3. The third-order valence-corrected chi connectivity index (χ3v) is 3.63. The summed E-state index contributed by atoms with van der Waals surface area (Å²) in [5.74, 6) is 0.743. The Labute approximate surface area is 99.8 Å². The predicted octanol–water partition coefficient (Wildman–Crippen LogP) is 2.52. The monoisotopic (exact) mass is 232 g/mol. The van der Waals surface area contributed by atoms with Crippen molar-refractivity contribution >= 4 is 16.8 Å². The van der Waals surface area contributed by atoms with Crippen molar-refractivity contribution in [3.8, 4) is 0 Å². The van der Waals surface area contributed by atoms with Gasteiger partial charge in [0.1, 0.15) is 5.52 Å². The standard InChI is InChI=1S/C13H16N2O2/c1-16-13(5-2-6-13)8-12-15-10-4-3-9(14)7-11(10)17-12/h3-4,7H,2,5-6,8,14H2,1H3. The molecule has 0 spiro atoms. The van der Waals surface area contributed by atoms with Crippen LogP contribution in [0.4, 0.5) is 5.69 Å². The fourth-order valence-electron chi connectivity index (χ4n) is 2.36. The molecular weight excluding hydrogens is 216 g/mol. The number of aromatic nitrogens is 1. The molecule has 0 aliphatic heterocycles. The summed E-state index contributed by atoms with van der Waals surface area (Å²) in [5, 5.41) is 0. The van der Waals surface area contributed by atoms with E-state index in [-0.39, 0.29) is 5.60 Å². The molecule has 1 fully saturated rings. The molecule has 17 heavy (non-hydrogen) atoms. The molecule has 4 heteroatoms. The number of nitrogens with zero attached hydrogens (tertiary/aromatic N) is 1. The van der Waals surface area contributed by atoms with Crippen molar-refractivity contribution < 1.29 is 9.15 Å². The number of nitrogen functional groups attached to an aromatic ring is 1. The van der Waals surface area contributed by atoms with Gasteiger partial charge < -0.3 is 14.9 Å². The Balaban J connectivity index is 1.90. The Morgan fingerprint density at radius 3 is 2.94 bits per heavy atom. The zero-order valence-corrected chi connectivity index (χ0v) is 9.90. The number of hydrogen-bond acceptors (Lipinski definition) is 4. The molecule has 1 saturated carbocycles. The summed E-state index contributed by atoms with van der Waals surface area (Å²) in [6, 6.07) is 5.54. The summed E-state index contributed by atoms with van der Waals surface area (Å²) in [6.45, 7) is 0. The lowest BCUT2D eigenvalue weighted by molar-refractivity contribution is -0.0743. The highest BCUT2D eigenvalue weighted by Gasteiger charge is 2.38. The van der Waals surface area contributed by atoms with Crippen LogP contribution in [0.3, 0.4) is 0 Å². The van der Waals surface area contributed by atoms with E-state index in [2.05, 4.69) is 4.98 Å². The zero-order valence-electron chi connectivity index (χ0n) is 9.90. The average molecular weight is 232 g/mol. The molecule has 0 unspecified atom stereocenters. The molecule has 1 aliphatic rings. The lowest BCUT2D eigenvalue weighted by Gasteiger charge is -2.39. The van der Waals surface area contributed by atoms with Crippen molar-refractivity contribution in [2.45, 2.75) is 31.3 Å². The summed E-state index contributed by atoms with van der Waals surface area (Å²) in [6.07, 6.45) is 4.15. The minimum atomic E-state index is -0.0492. The lowest BCUT2D eigenvalue weighted by Crippen LogP contribution is -2.41. The molecular formula is C13H16N2O2. The van der Waals surface area contributed by atoms with Crippen molar-refractivity contribution in [2.24, 2.45) is 0 Å². The Bertz CT molecular complexity index is 538. The van der Waals surface area contributed by atoms with E-state index in [1.165, 1.54) is 6.42 Å². The molecule has 1 aromatic carbocycles. The van der Waals surface area contributed by atoms with Gasteiger partial charge in [-0.05, 0) is 31.4 Å². The van der Waals surface area contributed by atoms with Gasteiger partial charge in [0, 0.05) is 18.9 Å². The van der Waals surface area contributed by atoms with Crippen LogP contribution in [0.2, 0.25) is 0 Å². The van der Waals surface area contributed by atoms with Crippen molar-refractivity contribution in [1.82, 2.24) is 4.98 Å². The number of methoxy groups -OCH3 is 1. The minimum absolute atomic E-state index is 0.0492. The van der Waals surface area contributed by atoms with Gasteiger partial charge in [-0.2, -0.15) is 0 Å². The molecule has 4 nitrogen and oxygen atoms in total. The highest BCUT2D eigenvalue weighted by Crippen LogP contribution is 2.38.